The largest absolute Gasteiger partial charge is 0.311 e. The maximum atomic E-state index is 6.46. The summed E-state index contributed by atoms with van der Waals surface area (Å²) in [6.07, 6.45) is 5.61. The molecule has 2 unspecified atom stereocenters. The average molecular weight is 309 g/mol. The Hall–Kier alpha value is -0.580. The maximum Gasteiger partial charge on any atom is 0.0860 e. The Kier molecular flexibility index (Phi) is 3.51. The van der Waals surface area contributed by atoms with Crippen molar-refractivity contribution in [3.63, 3.8) is 0 Å². The molecule has 0 spiro atoms. The van der Waals surface area contributed by atoms with Crippen LogP contribution >= 0.6 is 11.6 Å². The zero-order valence-corrected chi connectivity index (χ0v) is 13.7. The minimum absolute atomic E-state index is 0.686. The van der Waals surface area contributed by atoms with Gasteiger partial charge in [0.25, 0.3) is 0 Å². The average Bonchev–Trinajstić information content (AvgIpc) is 3.36. The lowest BCUT2D eigenvalue weighted by Crippen LogP contribution is -2.57. The molecule has 3 fully saturated rings. The second kappa shape index (κ2) is 5.25. The molecular formula is C16H25ClN4. The van der Waals surface area contributed by atoms with E-state index in [9.17, 15) is 0 Å². The van der Waals surface area contributed by atoms with E-state index in [2.05, 4.69) is 15.3 Å². The van der Waals surface area contributed by atoms with Crippen LogP contribution in [0.1, 0.15) is 37.1 Å². The summed E-state index contributed by atoms with van der Waals surface area (Å²) in [6.45, 7) is 5.27. The first-order chi connectivity index (χ1) is 10.1. The van der Waals surface area contributed by atoms with Gasteiger partial charge in [-0.2, -0.15) is 5.10 Å². The van der Waals surface area contributed by atoms with Crippen LogP contribution in [0.25, 0.3) is 0 Å². The van der Waals surface area contributed by atoms with E-state index >= 15 is 0 Å². The number of hydrogen-bond donors (Lipinski definition) is 1. The van der Waals surface area contributed by atoms with Gasteiger partial charge in [-0.05, 0) is 44.4 Å². The third-order valence-electron chi connectivity index (χ3n) is 5.46. The van der Waals surface area contributed by atoms with E-state index < -0.39 is 0 Å². The van der Waals surface area contributed by atoms with E-state index in [0.717, 1.165) is 35.6 Å². The maximum absolute atomic E-state index is 6.46. The lowest BCUT2D eigenvalue weighted by atomic mass is 10.0. The van der Waals surface area contributed by atoms with Gasteiger partial charge in [-0.15, -0.1) is 0 Å². The molecule has 0 aromatic carbocycles. The van der Waals surface area contributed by atoms with Crippen LogP contribution in [0, 0.1) is 18.8 Å². The molecule has 1 saturated heterocycles. The predicted molar refractivity (Wildman–Crippen MR) is 84.4 cm³/mol. The second-order valence-corrected chi connectivity index (χ2v) is 7.53. The molecule has 21 heavy (non-hydrogen) atoms. The predicted octanol–water partition coefficient (Wildman–Crippen LogP) is 2.34. The van der Waals surface area contributed by atoms with Gasteiger partial charge in [0, 0.05) is 38.8 Å². The van der Waals surface area contributed by atoms with Gasteiger partial charge in [0.1, 0.15) is 0 Å². The first-order valence-electron chi connectivity index (χ1n) is 8.29. The molecule has 3 aliphatic rings. The fourth-order valence-electron chi connectivity index (χ4n) is 3.84. The first-order valence-corrected chi connectivity index (χ1v) is 8.66. The van der Waals surface area contributed by atoms with Gasteiger partial charge in [-0.3, -0.25) is 9.58 Å². The van der Waals surface area contributed by atoms with Crippen molar-refractivity contribution in [1.82, 2.24) is 20.0 Å². The Morgan fingerprint density at radius 2 is 1.95 bits per heavy atom. The number of nitrogens with one attached hydrogen (secondary N) is 1. The highest BCUT2D eigenvalue weighted by Crippen LogP contribution is 2.40. The van der Waals surface area contributed by atoms with Crippen molar-refractivity contribution in [2.45, 2.75) is 51.2 Å². The third kappa shape index (κ3) is 2.73. The summed E-state index contributed by atoms with van der Waals surface area (Å²) in [7, 11) is 2.01. The molecule has 1 N–H and O–H groups in total. The van der Waals surface area contributed by atoms with Crippen molar-refractivity contribution in [1.29, 1.82) is 0 Å². The fraction of sp³-hybridized carbons (Fsp3) is 0.812. The zero-order chi connectivity index (χ0) is 14.6. The molecule has 0 radical (unpaired) electrons. The van der Waals surface area contributed by atoms with Crippen LogP contribution in [0.5, 0.6) is 0 Å². The number of rotatable bonds is 4. The van der Waals surface area contributed by atoms with Crippen LogP contribution in [0.3, 0.4) is 0 Å². The Balaban J connectivity index is 1.53. The fourth-order valence-corrected chi connectivity index (χ4v) is 4.06. The second-order valence-electron chi connectivity index (χ2n) is 7.16. The van der Waals surface area contributed by atoms with Gasteiger partial charge in [0.2, 0.25) is 0 Å². The first kappa shape index (κ1) is 14.0. The lowest BCUT2D eigenvalue weighted by Gasteiger charge is -2.41. The van der Waals surface area contributed by atoms with Crippen LogP contribution in [0.4, 0.5) is 0 Å². The Bertz CT molecular complexity index is 533. The van der Waals surface area contributed by atoms with Crippen molar-refractivity contribution in [3.8, 4) is 0 Å². The van der Waals surface area contributed by atoms with E-state index in [1.807, 2.05) is 18.7 Å². The molecule has 4 rings (SSSR count). The topological polar surface area (TPSA) is 33.1 Å². The van der Waals surface area contributed by atoms with Gasteiger partial charge < -0.3 is 5.32 Å². The molecule has 2 aliphatic carbocycles. The Labute approximate surface area is 131 Å². The molecule has 0 amide bonds. The van der Waals surface area contributed by atoms with Crippen LogP contribution in [-0.2, 0) is 13.6 Å². The van der Waals surface area contributed by atoms with Crippen LogP contribution in [0.2, 0.25) is 5.02 Å². The molecule has 4 nitrogen and oxygen atoms in total. The summed E-state index contributed by atoms with van der Waals surface area (Å²) in [5, 5.41) is 9.13. The minimum atomic E-state index is 0.686. The highest BCUT2D eigenvalue weighted by atomic mass is 35.5. The van der Waals surface area contributed by atoms with Gasteiger partial charge in [-0.1, -0.05) is 11.6 Å². The van der Waals surface area contributed by atoms with Crippen molar-refractivity contribution in [2.24, 2.45) is 18.9 Å². The normalized spacial score (nSPS) is 30.8. The number of halogens is 1. The molecule has 1 aromatic heterocycles. The summed E-state index contributed by atoms with van der Waals surface area (Å²) in [5.41, 5.74) is 2.13. The summed E-state index contributed by atoms with van der Waals surface area (Å²) >= 11 is 6.46. The molecular weight excluding hydrogens is 284 g/mol. The van der Waals surface area contributed by atoms with E-state index in [1.165, 1.54) is 37.9 Å². The molecule has 1 aromatic rings. The number of nitrogens with zero attached hydrogens (tertiary/aromatic N) is 3. The summed E-state index contributed by atoms with van der Waals surface area (Å²) in [5.74, 6) is 1.81. The van der Waals surface area contributed by atoms with E-state index in [4.69, 9.17) is 11.6 Å². The molecule has 2 heterocycles. The Morgan fingerprint density at radius 1 is 1.24 bits per heavy atom. The minimum Gasteiger partial charge on any atom is -0.311 e. The highest BCUT2D eigenvalue weighted by molar-refractivity contribution is 6.31. The molecule has 116 valence electrons. The van der Waals surface area contributed by atoms with Crippen LogP contribution < -0.4 is 5.32 Å². The SMILES string of the molecule is Cc1nn(C)c(CN2CC(C3CC3)NCC2C2CC2)c1Cl. The summed E-state index contributed by atoms with van der Waals surface area (Å²) < 4.78 is 1.97. The van der Waals surface area contributed by atoms with E-state index in [0.29, 0.717) is 12.1 Å². The van der Waals surface area contributed by atoms with Crippen LogP contribution in [-0.4, -0.2) is 39.9 Å². The smallest absolute Gasteiger partial charge is 0.0860 e. The third-order valence-corrected chi connectivity index (χ3v) is 5.95. The lowest BCUT2D eigenvalue weighted by molar-refractivity contribution is 0.0978. The van der Waals surface area contributed by atoms with Crippen molar-refractivity contribution < 1.29 is 0 Å². The number of aromatic nitrogens is 2. The standard InChI is InChI=1S/C16H25ClN4/c1-10-16(17)15(20(2)19-10)9-21-8-13(11-3-4-11)18-7-14(21)12-5-6-12/h11-14,18H,3-9H2,1-2H3. The monoisotopic (exact) mass is 308 g/mol. The molecule has 2 atom stereocenters. The number of piperazine rings is 1. The summed E-state index contributed by atoms with van der Waals surface area (Å²) in [6, 6.07) is 1.37. The quantitative estimate of drug-likeness (QED) is 0.927. The van der Waals surface area contributed by atoms with Crippen molar-refractivity contribution in [2.75, 3.05) is 13.1 Å². The molecule has 1 aliphatic heterocycles. The number of aryl methyl sites for hydroxylation is 2. The highest BCUT2D eigenvalue weighted by Gasteiger charge is 2.42. The van der Waals surface area contributed by atoms with E-state index in [-0.39, 0.29) is 0 Å². The zero-order valence-electron chi connectivity index (χ0n) is 13.0. The molecule has 5 heteroatoms. The van der Waals surface area contributed by atoms with Crippen LogP contribution in [0.15, 0.2) is 0 Å². The molecule has 2 saturated carbocycles. The molecule has 0 bridgehead atoms. The van der Waals surface area contributed by atoms with Gasteiger partial charge in [-0.25, -0.2) is 0 Å². The van der Waals surface area contributed by atoms with Gasteiger partial charge in [0.05, 0.1) is 16.4 Å². The Morgan fingerprint density at radius 3 is 2.52 bits per heavy atom. The van der Waals surface area contributed by atoms with Crippen molar-refractivity contribution >= 4 is 11.6 Å². The van der Waals surface area contributed by atoms with Gasteiger partial charge >= 0.3 is 0 Å². The van der Waals surface area contributed by atoms with E-state index in [1.54, 1.807) is 0 Å². The number of hydrogen-bond acceptors (Lipinski definition) is 3. The van der Waals surface area contributed by atoms with Crippen molar-refractivity contribution in [3.05, 3.63) is 16.4 Å². The summed E-state index contributed by atoms with van der Waals surface area (Å²) in [4.78, 5) is 2.68. The van der Waals surface area contributed by atoms with Gasteiger partial charge in [0.15, 0.2) is 0 Å².